The minimum absolute atomic E-state index is 0.163. The zero-order valence-electron chi connectivity index (χ0n) is 10.4. The molecule has 0 N–H and O–H groups in total. The van der Waals surface area contributed by atoms with E-state index in [0.717, 1.165) is 0 Å². The van der Waals surface area contributed by atoms with E-state index < -0.39 is 0 Å². The van der Waals surface area contributed by atoms with Crippen molar-refractivity contribution in [1.29, 1.82) is 0 Å². The molecule has 0 bridgehead atoms. The summed E-state index contributed by atoms with van der Waals surface area (Å²) in [5.41, 5.74) is 1.31. The Morgan fingerprint density at radius 3 is 1.57 bits per heavy atom. The summed E-state index contributed by atoms with van der Waals surface area (Å²) in [5.74, 6) is 3.97. The Balaban J connectivity index is 0. The Morgan fingerprint density at radius 1 is 0.929 bits per heavy atom. The van der Waals surface area contributed by atoms with Crippen molar-refractivity contribution in [3.63, 3.8) is 0 Å². The number of hydrogen-bond acceptors (Lipinski definition) is 0. The molecule has 0 aromatic heterocycles. The van der Waals surface area contributed by atoms with Gasteiger partial charge in [0.25, 0.3) is 0 Å². The van der Waals surface area contributed by atoms with Crippen molar-refractivity contribution in [3.8, 4) is 0 Å². The minimum Gasteiger partial charge on any atom is -0.165 e. The van der Waals surface area contributed by atoms with E-state index in [1.54, 1.807) is 0 Å². The predicted octanol–water partition coefficient (Wildman–Crippen LogP) is 4.74. The van der Waals surface area contributed by atoms with Crippen molar-refractivity contribution in [2.75, 3.05) is 6.26 Å². The van der Waals surface area contributed by atoms with Gasteiger partial charge in [0.2, 0.25) is 0 Å². The third-order valence-electron chi connectivity index (χ3n) is 1.42. The van der Waals surface area contributed by atoms with Crippen molar-refractivity contribution in [2.24, 2.45) is 0 Å². The van der Waals surface area contributed by atoms with Crippen LogP contribution in [-0.4, -0.2) is 12.1 Å². The van der Waals surface area contributed by atoms with Crippen LogP contribution in [0, 0.1) is 6.92 Å². The third-order valence-corrected chi connectivity index (χ3v) is 2.50. The molecule has 0 spiro atoms. The number of rotatable bonds is 1. The van der Waals surface area contributed by atoms with E-state index >= 15 is 0 Å². The molecule has 0 amide bonds. The quantitative estimate of drug-likeness (QED) is 0.590. The summed E-state index contributed by atoms with van der Waals surface area (Å²) < 4.78 is 0. The lowest BCUT2D eigenvalue weighted by Gasteiger charge is -1.99. The molecule has 0 saturated carbocycles. The molecule has 1 aromatic carbocycles. The maximum Gasteiger partial charge on any atom is 0.000871 e. The minimum atomic E-state index is 0.163. The molecular formula is C13H24S. The number of benzene rings is 1. The van der Waals surface area contributed by atoms with Crippen LogP contribution in [0.25, 0.3) is 0 Å². The highest BCUT2D eigenvalue weighted by atomic mass is 32.2. The molecule has 0 radical (unpaired) electrons. The summed E-state index contributed by atoms with van der Waals surface area (Å²) in [5, 5.41) is 0. The van der Waals surface area contributed by atoms with Gasteiger partial charge < -0.3 is 0 Å². The molecule has 82 valence electrons. The molecule has 0 aliphatic rings. The van der Waals surface area contributed by atoms with Crippen molar-refractivity contribution >= 4 is 16.4 Å². The lowest BCUT2D eigenvalue weighted by Crippen LogP contribution is -1.73. The first-order chi connectivity index (χ1) is 6.70. The van der Waals surface area contributed by atoms with Gasteiger partial charge in [-0.2, -0.15) is 10.5 Å². The Hall–Kier alpha value is -0.560. The molecule has 0 aliphatic carbocycles. The van der Waals surface area contributed by atoms with Crippen molar-refractivity contribution in [1.82, 2.24) is 0 Å². The Bertz CT molecular complexity index is 234. The summed E-state index contributed by atoms with van der Waals surface area (Å²) >= 11 is 0. The topological polar surface area (TPSA) is 0 Å². The van der Waals surface area contributed by atoms with Crippen molar-refractivity contribution < 1.29 is 0 Å². The van der Waals surface area contributed by atoms with E-state index in [0.29, 0.717) is 0 Å². The van der Waals surface area contributed by atoms with Gasteiger partial charge in [0.1, 0.15) is 0 Å². The first kappa shape index (κ1) is 15.9. The first-order valence-corrected chi connectivity index (χ1v) is 7.02. The fraction of sp³-hybridized carbons (Fsp3) is 0.462. The van der Waals surface area contributed by atoms with E-state index in [1.807, 2.05) is 27.7 Å². The monoisotopic (exact) mass is 212 g/mol. The highest BCUT2D eigenvalue weighted by Gasteiger charge is 1.88. The van der Waals surface area contributed by atoms with Crippen LogP contribution in [0.1, 0.15) is 33.3 Å². The van der Waals surface area contributed by atoms with E-state index in [1.165, 1.54) is 10.5 Å². The van der Waals surface area contributed by atoms with Gasteiger partial charge in [-0.15, -0.1) is 0 Å². The maximum atomic E-state index is 3.97. The summed E-state index contributed by atoms with van der Waals surface area (Å²) in [6.45, 7) is 10.1. The summed E-state index contributed by atoms with van der Waals surface area (Å²) in [6, 6.07) is 8.55. The molecule has 0 nitrogen and oxygen atoms in total. The number of aryl methyl sites for hydroxylation is 1. The van der Waals surface area contributed by atoms with Crippen LogP contribution < -0.4 is 0 Å². The molecule has 1 unspecified atom stereocenters. The van der Waals surface area contributed by atoms with Crippen LogP contribution in [0.5, 0.6) is 0 Å². The van der Waals surface area contributed by atoms with Crippen LogP contribution in [0.2, 0.25) is 0 Å². The maximum absolute atomic E-state index is 3.97. The Labute approximate surface area is 92.3 Å². The molecular weight excluding hydrogens is 188 g/mol. The molecule has 1 rings (SSSR count). The van der Waals surface area contributed by atoms with Gasteiger partial charge in [-0.1, -0.05) is 51.3 Å². The average Bonchev–Trinajstić information content (AvgIpc) is 2.24. The molecule has 1 aromatic rings. The molecule has 0 heterocycles. The van der Waals surface area contributed by atoms with Crippen LogP contribution in [0.3, 0.4) is 0 Å². The Kier molecular flexibility index (Phi) is 11.9. The summed E-state index contributed by atoms with van der Waals surface area (Å²) in [7, 11) is 0.163. The molecule has 0 aliphatic heterocycles. The molecule has 1 atom stereocenters. The smallest absolute Gasteiger partial charge is 0.000871 e. The second kappa shape index (κ2) is 10.5. The molecule has 1 heteroatoms. The second-order valence-electron chi connectivity index (χ2n) is 2.45. The summed E-state index contributed by atoms with van der Waals surface area (Å²) in [4.78, 5) is 1.34. The highest BCUT2D eigenvalue weighted by molar-refractivity contribution is 8.13. The zero-order chi connectivity index (χ0) is 11.6. The van der Waals surface area contributed by atoms with Crippen LogP contribution in [-0.2, 0) is 0 Å². The highest BCUT2D eigenvalue weighted by Crippen LogP contribution is 2.19. The van der Waals surface area contributed by atoms with Gasteiger partial charge in [-0.3, -0.25) is 0 Å². The van der Waals surface area contributed by atoms with Crippen molar-refractivity contribution in [3.05, 3.63) is 29.8 Å². The summed E-state index contributed by atoms with van der Waals surface area (Å²) in [6.07, 6.45) is 2.13. The van der Waals surface area contributed by atoms with Crippen LogP contribution in [0.4, 0.5) is 0 Å². The van der Waals surface area contributed by atoms with Gasteiger partial charge in [0.15, 0.2) is 0 Å². The number of hydrogen-bond donors (Lipinski definition) is 0. The Morgan fingerprint density at radius 2 is 1.29 bits per heavy atom. The SMILES string of the molecule is C=S(C)c1ccc(C)cc1.CC.CC. The standard InChI is InChI=1S/C9H12S.2C2H6/c1-8-4-6-9(7-5-8)10(2)3;2*1-2/h4-7H,2H2,1,3H3;2*1-2H3. The van der Waals surface area contributed by atoms with Gasteiger partial charge in [-0.05, 0) is 25.3 Å². The van der Waals surface area contributed by atoms with Crippen molar-refractivity contribution in [2.45, 2.75) is 39.5 Å². The largest absolute Gasteiger partial charge is 0.165 e. The lowest BCUT2D eigenvalue weighted by molar-refractivity contribution is 1.38. The molecule has 14 heavy (non-hydrogen) atoms. The fourth-order valence-corrected chi connectivity index (χ4v) is 1.37. The van der Waals surface area contributed by atoms with E-state index in [2.05, 4.69) is 43.3 Å². The third kappa shape index (κ3) is 6.90. The lowest BCUT2D eigenvalue weighted by atomic mass is 10.2. The van der Waals surface area contributed by atoms with Gasteiger partial charge in [0.05, 0.1) is 0 Å². The van der Waals surface area contributed by atoms with Gasteiger partial charge >= 0.3 is 0 Å². The predicted molar refractivity (Wildman–Crippen MR) is 72.8 cm³/mol. The fourth-order valence-electron chi connectivity index (χ4n) is 0.771. The molecule has 0 saturated heterocycles. The normalized spacial score (nSPS) is 10.1. The average molecular weight is 212 g/mol. The second-order valence-corrected chi connectivity index (χ2v) is 4.20. The van der Waals surface area contributed by atoms with Crippen LogP contribution >= 0.6 is 10.5 Å². The van der Waals surface area contributed by atoms with E-state index in [-0.39, 0.29) is 10.5 Å². The van der Waals surface area contributed by atoms with Gasteiger partial charge in [-0.25, -0.2) is 0 Å². The first-order valence-electron chi connectivity index (χ1n) is 5.22. The van der Waals surface area contributed by atoms with Crippen LogP contribution in [0.15, 0.2) is 29.2 Å². The van der Waals surface area contributed by atoms with Gasteiger partial charge in [0, 0.05) is 4.90 Å². The zero-order valence-corrected chi connectivity index (χ0v) is 11.2. The van der Waals surface area contributed by atoms with E-state index in [4.69, 9.17) is 0 Å². The van der Waals surface area contributed by atoms with E-state index in [9.17, 15) is 0 Å². The molecule has 0 fully saturated rings.